The number of methoxy groups -OCH3 is 1. The Balaban J connectivity index is 5.36. The van der Waals surface area contributed by atoms with E-state index >= 15 is 0 Å². The van der Waals surface area contributed by atoms with Gasteiger partial charge in [0.1, 0.15) is 5.60 Å². The van der Waals surface area contributed by atoms with E-state index in [1.807, 2.05) is 0 Å². The van der Waals surface area contributed by atoms with Crippen LogP contribution in [0.3, 0.4) is 0 Å². The fourth-order valence-corrected chi connectivity index (χ4v) is 2.00. The first-order chi connectivity index (χ1) is 10.9. The molecule has 0 bridgehead atoms. The SMILES string of the molecule is COC(C)(CCCCN(C)C)C(F)(F)C(F)(F)OC(F)(Cl)C(F)(F)Cl. The second-order valence-electron chi connectivity index (χ2n) is 5.90. The molecule has 0 rings (SSSR count). The average Bonchev–Trinajstić information content (AvgIpc) is 2.40. The molecule has 0 aliphatic rings. The highest BCUT2D eigenvalue weighted by molar-refractivity contribution is 6.31. The van der Waals surface area contributed by atoms with E-state index in [1.54, 1.807) is 19.0 Å². The van der Waals surface area contributed by atoms with E-state index in [9.17, 15) is 30.7 Å². The van der Waals surface area contributed by atoms with Gasteiger partial charge in [0, 0.05) is 7.11 Å². The molecule has 0 heterocycles. The number of nitrogens with zero attached hydrogens (tertiary/aromatic N) is 1. The van der Waals surface area contributed by atoms with E-state index in [1.165, 1.54) is 0 Å². The Hall–Kier alpha value is -0.0300. The lowest BCUT2D eigenvalue weighted by molar-refractivity contribution is -0.430. The van der Waals surface area contributed by atoms with E-state index in [-0.39, 0.29) is 6.42 Å². The average molecular weight is 426 g/mol. The molecule has 12 heteroatoms. The lowest BCUT2D eigenvalue weighted by Gasteiger charge is -2.41. The summed E-state index contributed by atoms with van der Waals surface area (Å²) in [6.45, 7) is 1.12. The van der Waals surface area contributed by atoms with Crippen LogP contribution in [0.5, 0.6) is 0 Å². The Labute approximate surface area is 151 Å². The Morgan fingerprint density at radius 2 is 1.40 bits per heavy atom. The first-order valence-corrected chi connectivity index (χ1v) is 7.79. The molecule has 0 aliphatic heterocycles. The van der Waals surface area contributed by atoms with Gasteiger partial charge < -0.3 is 9.64 Å². The summed E-state index contributed by atoms with van der Waals surface area (Å²) in [5.74, 6) is -5.19. The molecule has 0 aromatic carbocycles. The van der Waals surface area contributed by atoms with E-state index in [0.717, 1.165) is 7.11 Å². The largest absolute Gasteiger partial charge is 0.426 e. The maximum atomic E-state index is 14.2. The van der Waals surface area contributed by atoms with E-state index < -0.39 is 34.7 Å². The van der Waals surface area contributed by atoms with E-state index in [2.05, 4.69) is 32.7 Å². The summed E-state index contributed by atoms with van der Waals surface area (Å²) in [4.78, 5) is 1.74. The maximum Gasteiger partial charge on any atom is 0.426 e. The Bertz CT molecular complexity index is 433. The molecular weight excluding hydrogens is 406 g/mol. The van der Waals surface area contributed by atoms with Gasteiger partial charge in [-0.1, -0.05) is 0 Å². The highest BCUT2D eigenvalue weighted by Gasteiger charge is 2.73. The van der Waals surface area contributed by atoms with Gasteiger partial charge in [-0.2, -0.15) is 30.7 Å². The van der Waals surface area contributed by atoms with Crippen LogP contribution < -0.4 is 0 Å². The van der Waals surface area contributed by atoms with Gasteiger partial charge in [-0.3, -0.25) is 4.74 Å². The van der Waals surface area contributed by atoms with Crippen LogP contribution in [0.4, 0.5) is 30.7 Å². The van der Waals surface area contributed by atoms with Gasteiger partial charge in [-0.15, -0.1) is 0 Å². The zero-order valence-corrected chi connectivity index (χ0v) is 15.5. The van der Waals surface area contributed by atoms with Crippen molar-refractivity contribution in [1.29, 1.82) is 0 Å². The minimum Gasteiger partial charge on any atom is -0.372 e. The standard InChI is InChI=1S/C13H20Cl2F7NO2/c1-9(24-4,7-5-6-8-23(2)3)10(16,17)13(21,22)25-12(15,20)11(14,18)19/h5-8H2,1-4H3. The number of hydrogen-bond donors (Lipinski definition) is 0. The topological polar surface area (TPSA) is 21.7 Å². The highest BCUT2D eigenvalue weighted by atomic mass is 35.5. The molecule has 3 nitrogen and oxygen atoms in total. The van der Waals surface area contributed by atoms with Gasteiger partial charge in [0.2, 0.25) is 0 Å². The van der Waals surface area contributed by atoms with Crippen molar-refractivity contribution in [2.24, 2.45) is 0 Å². The zero-order chi connectivity index (χ0) is 20.3. The first-order valence-electron chi connectivity index (χ1n) is 7.04. The minimum absolute atomic E-state index is 0.0432. The molecule has 0 amide bonds. The van der Waals surface area contributed by atoms with Crippen molar-refractivity contribution < 1.29 is 40.2 Å². The predicted molar refractivity (Wildman–Crippen MR) is 79.3 cm³/mol. The molecule has 0 N–H and O–H groups in total. The van der Waals surface area contributed by atoms with Crippen molar-refractivity contribution >= 4 is 23.2 Å². The van der Waals surface area contributed by atoms with Crippen molar-refractivity contribution in [3.05, 3.63) is 0 Å². The van der Waals surface area contributed by atoms with Crippen LogP contribution in [0.15, 0.2) is 0 Å². The molecule has 0 aromatic heterocycles. The molecule has 2 atom stereocenters. The number of rotatable bonds is 11. The summed E-state index contributed by atoms with van der Waals surface area (Å²) in [5, 5.41) is -10.2. The molecule has 0 aliphatic carbocycles. The monoisotopic (exact) mass is 425 g/mol. The van der Waals surface area contributed by atoms with E-state index in [4.69, 9.17) is 0 Å². The lowest BCUT2D eigenvalue weighted by atomic mass is 9.90. The highest BCUT2D eigenvalue weighted by Crippen LogP contribution is 2.52. The second kappa shape index (κ2) is 8.33. The molecule has 0 aromatic rings. The Kier molecular flexibility index (Phi) is 8.32. The van der Waals surface area contributed by atoms with Crippen molar-refractivity contribution in [2.75, 3.05) is 27.7 Å². The Morgan fingerprint density at radius 3 is 1.76 bits per heavy atom. The third kappa shape index (κ3) is 5.98. The number of alkyl halides is 9. The molecule has 0 spiro atoms. The van der Waals surface area contributed by atoms with Gasteiger partial charge in [-0.05, 0) is 70.0 Å². The van der Waals surface area contributed by atoms with Crippen molar-refractivity contribution in [1.82, 2.24) is 4.90 Å². The van der Waals surface area contributed by atoms with Crippen LogP contribution in [0.25, 0.3) is 0 Å². The van der Waals surface area contributed by atoms with Gasteiger partial charge in [-0.25, -0.2) is 0 Å². The minimum atomic E-state index is -5.73. The quantitative estimate of drug-likeness (QED) is 0.262. The number of ether oxygens (including phenoxy) is 2. The molecular formula is C13H20Cl2F7NO2. The molecule has 25 heavy (non-hydrogen) atoms. The molecule has 2 unspecified atom stereocenters. The fraction of sp³-hybridized carbons (Fsp3) is 1.00. The number of halogens is 9. The summed E-state index contributed by atoms with van der Waals surface area (Å²) in [7, 11) is 4.18. The van der Waals surface area contributed by atoms with Crippen molar-refractivity contribution in [3.8, 4) is 0 Å². The van der Waals surface area contributed by atoms with Crippen molar-refractivity contribution in [3.63, 3.8) is 0 Å². The van der Waals surface area contributed by atoms with Gasteiger partial charge in [0.05, 0.1) is 0 Å². The number of hydrogen-bond acceptors (Lipinski definition) is 3. The van der Waals surface area contributed by atoms with Crippen LogP contribution in [0, 0.1) is 0 Å². The van der Waals surface area contributed by atoms with Gasteiger partial charge in [0.15, 0.2) is 0 Å². The van der Waals surface area contributed by atoms with Crippen LogP contribution in [0.2, 0.25) is 0 Å². The third-order valence-electron chi connectivity index (χ3n) is 3.58. The lowest BCUT2D eigenvalue weighted by Crippen LogP contribution is -2.61. The molecule has 0 saturated heterocycles. The number of unbranched alkanes of at least 4 members (excludes halogenated alkanes) is 1. The van der Waals surface area contributed by atoms with Crippen LogP contribution in [-0.4, -0.2) is 61.0 Å². The maximum absolute atomic E-state index is 14.2. The van der Waals surface area contributed by atoms with Gasteiger partial charge in [0.25, 0.3) is 0 Å². The van der Waals surface area contributed by atoms with Crippen LogP contribution in [-0.2, 0) is 9.47 Å². The third-order valence-corrected chi connectivity index (χ3v) is 4.23. The van der Waals surface area contributed by atoms with E-state index in [0.29, 0.717) is 19.9 Å². The summed E-state index contributed by atoms with van der Waals surface area (Å²) in [6, 6.07) is 0. The summed E-state index contributed by atoms with van der Waals surface area (Å²) < 4.78 is 102. The molecule has 152 valence electrons. The zero-order valence-electron chi connectivity index (χ0n) is 14.0. The van der Waals surface area contributed by atoms with Crippen LogP contribution in [0.1, 0.15) is 26.2 Å². The summed E-state index contributed by atoms with van der Waals surface area (Å²) in [6.07, 6.45) is -5.89. The van der Waals surface area contributed by atoms with Crippen molar-refractivity contribution in [2.45, 2.75) is 54.5 Å². The summed E-state index contributed by atoms with van der Waals surface area (Å²) >= 11 is 8.61. The second-order valence-corrected chi connectivity index (χ2v) is 6.86. The molecule has 0 saturated carbocycles. The summed E-state index contributed by atoms with van der Waals surface area (Å²) in [5.41, 5.74) is -2.84. The molecule has 0 radical (unpaired) electrons. The Morgan fingerprint density at radius 1 is 0.920 bits per heavy atom. The normalized spacial score (nSPS) is 19.0. The molecule has 0 fully saturated rings. The van der Waals surface area contributed by atoms with Crippen LogP contribution >= 0.6 is 23.2 Å². The van der Waals surface area contributed by atoms with Gasteiger partial charge >= 0.3 is 22.7 Å². The smallest absolute Gasteiger partial charge is 0.372 e. The fourth-order valence-electron chi connectivity index (χ4n) is 1.87. The predicted octanol–water partition coefficient (Wildman–Crippen LogP) is 5.06. The first kappa shape index (κ1) is 25.0.